The van der Waals surface area contributed by atoms with Gasteiger partial charge >= 0.3 is 0 Å². The summed E-state index contributed by atoms with van der Waals surface area (Å²) < 4.78 is 2.03. The van der Waals surface area contributed by atoms with E-state index in [1.807, 2.05) is 11.7 Å². The van der Waals surface area contributed by atoms with Gasteiger partial charge in [0.1, 0.15) is 5.82 Å². The molecule has 5 heteroatoms. The van der Waals surface area contributed by atoms with E-state index in [2.05, 4.69) is 29.2 Å². The summed E-state index contributed by atoms with van der Waals surface area (Å²) in [5.41, 5.74) is 2.45. The number of nitrogens with zero attached hydrogens (tertiary/aromatic N) is 3. The quantitative estimate of drug-likeness (QED) is 0.796. The molecule has 0 amide bonds. The summed E-state index contributed by atoms with van der Waals surface area (Å²) in [4.78, 5) is 2.50. The summed E-state index contributed by atoms with van der Waals surface area (Å²) >= 11 is 0. The first-order chi connectivity index (χ1) is 9.69. The van der Waals surface area contributed by atoms with Gasteiger partial charge in [0.05, 0.1) is 5.69 Å². The van der Waals surface area contributed by atoms with E-state index in [0.717, 1.165) is 38.2 Å². The number of hydrogen-bond donors (Lipinski definition) is 2. The molecule has 1 aromatic rings. The van der Waals surface area contributed by atoms with Gasteiger partial charge in [-0.05, 0) is 39.2 Å². The number of aliphatic hydroxyl groups is 1. The number of anilines is 1. The highest BCUT2D eigenvalue weighted by molar-refractivity contribution is 5.52. The number of aromatic nitrogens is 2. The Labute approximate surface area is 122 Å². The van der Waals surface area contributed by atoms with Crippen molar-refractivity contribution in [2.45, 2.75) is 52.1 Å². The average molecular weight is 280 g/mol. The van der Waals surface area contributed by atoms with Gasteiger partial charge in [-0.25, -0.2) is 0 Å². The van der Waals surface area contributed by atoms with Crippen LogP contribution in [0.3, 0.4) is 0 Å². The molecule has 5 nitrogen and oxygen atoms in total. The summed E-state index contributed by atoms with van der Waals surface area (Å²) in [6.45, 7) is 7.48. The maximum absolute atomic E-state index is 9.07. The van der Waals surface area contributed by atoms with Crippen molar-refractivity contribution in [3.05, 3.63) is 11.3 Å². The van der Waals surface area contributed by atoms with Crippen LogP contribution in [0.1, 0.15) is 43.9 Å². The third-order valence-corrected chi connectivity index (χ3v) is 4.21. The van der Waals surface area contributed by atoms with Gasteiger partial charge in [-0.1, -0.05) is 6.92 Å². The van der Waals surface area contributed by atoms with Crippen LogP contribution in [0.25, 0.3) is 0 Å². The third kappa shape index (κ3) is 3.15. The van der Waals surface area contributed by atoms with Crippen LogP contribution >= 0.6 is 0 Å². The highest BCUT2D eigenvalue weighted by atomic mass is 16.2. The monoisotopic (exact) mass is 280 g/mol. The molecule has 1 atom stereocenters. The first-order valence-electron chi connectivity index (χ1n) is 7.79. The summed E-state index contributed by atoms with van der Waals surface area (Å²) in [5, 5.41) is 17.1. The molecule has 2 heterocycles. The van der Waals surface area contributed by atoms with E-state index >= 15 is 0 Å². The predicted octanol–water partition coefficient (Wildman–Crippen LogP) is 1.58. The molecule has 2 N–H and O–H groups in total. The Morgan fingerprint density at radius 2 is 2.25 bits per heavy atom. The van der Waals surface area contributed by atoms with Crippen LogP contribution in [0, 0.1) is 6.92 Å². The zero-order valence-electron chi connectivity index (χ0n) is 13.0. The van der Waals surface area contributed by atoms with Gasteiger partial charge in [-0.2, -0.15) is 5.10 Å². The number of aliphatic hydroxyl groups excluding tert-OH is 1. The molecule has 1 unspecified atom stereocenters. The zero-order valence-corrected chi connectivity index (χ0v) is 13.0. The Hall–Kier alpha value is -1.07. The lowest BCUT2D eigenvalue weighted by Crippen LogP contribution is -2.32. The second kappa shape index (κ2) is 7.09. The SMILES string of the molecule is CCNCc1c(C)nn(C)c1N1CCCC1CCCO. The first kappa shape index (κ1) is 15.3. The largest absolute Gasteiger partial charge is 0.396 e. The van der Waals surface area contributed by atoms with E-state index in [-0.39, 0.29) is 0 Å². The highest BCUT2D eigenvalue weighted by Gasteiger charge is 2.29. The van der Waals surface area contributed by atoms with Crippen molar-refractivity contribution in [3.63, 3.8) is 0 Å². The molecule has 1 fully saturated rings. The van der Waals surface area contributed by atoms with Crippen LogP contribution in [0.2, 0.25) is 0 Å². The van der Waals surface area contributed by atoms with E-state index < -0.39 is 0 Å². The Balaban J connectivity index is 2.21. The molecule has 1 aliphatic heterocycles. The smallest absolute Gasteiger partial charge is 0.131 e. The summed E-state index contributed by atoms with van der Waals surface area (Å²) in [5.74, 6) is 1.27. The Kier molecular flexibility index (Phi) is 5.43. The summed E-state index contributed by atoms with van der Waals surface area (Å²) in [6.07, 6.45) is 4.42. The van der Waals surface area contributed by atoms with Gasteiger partial charge in [-0.15, -0.1) is 0 Å². The molecule has 0 spiro atoms. The fourth-order valence-corrected chi connectivity index (χ4v) is 3.25. The minimum absolute atomic E-state index is 0.291. The third-order valence-electron chi connectivity index (χ3n) is 4.21. The average Bonchev–Trinajstić information content (AvgIpc) is 2.98. The predicted molar refractivity (Wildman–Crippen MR) is 82.0 cm³/mol. The van der Waals surface area contributed by atoms with Crippen LogP contribution < -0.4 is 10.2 Å². The first-order valence-corrected chi connectivity index (χ1v) is 7.79. The minimum atomic E-state index is 0.291. The number of aryl methyl sites for hydroxylation is 2. The van der Waals surface area contributed by atoms with Crippen LogP contribution in [-0.4, -0.2) is 40.6 Å². The molecule has 114 valence electrons. The molecular weight excluding hydrogens is 252 g/mol. The second-order valence-corrected chi connectivity index (χ2v) is 5.65. The van der Waals surface area contributed by atoms with Gasteiger partial charge in [-0.3, -0.25) is 4.68 Å². The van der Waals surface area contributed by atoms with Gasteiger partial charge in [0.2, 0.25) is 0 Å². The Morgan fingerprint density at radius 1 is 1.45 bits per heavy atom. The number of hydrogen-bond acceptors (Lipinski definition) is 4. The lowest BCUT2D eigenvalue weighted by atomic mass is 10.1. The second-order valence-electron chi connectivity index (χ2n) is 5.65. The van der Waals surface area contributed by atoms with E-state index in [1.54, 1.807) is 0 Å². The molecule has 0 radical (unpaired) electrons. The van der Waals surface area contributed by atoms with Crippen molar-refractivity contribution >= 4 is 5.82 Å². The highest BCUT2D eigenvalue weighted by Crippen LogP contribution is 2.31. The molecule has 0 aromatic carbocycles. The summed E-state index contributed by atoms with van der Waals surface area (Å²) in [7, 11) is 2.04. The molecule has 2 rings (SSSR count). The molecule has 20 heavy (non-hydrogen) atoms. The number of nitrogens with one attached hydrogen (secondary N) is 1. The molecule has 0 saturated carbocycles. The Morgan fingerprint density at radius 3 is 2.95 bits per heavy atom. The van der Waals surface area contributed by atoms with Gasteiger partial charge in [0, 0.05) is 38.3 Å². The van der Waals surface area contributed by atoms with Crippen molar-refractivity contribution in [2.24, 2.45) is 7.05 Å². The van der Waals surface area contributed by atoms with E-state index in [0.29, 0.717) is 12.6 Å². The fraction of sp³-hybridized carbons (Fsp3) is 0.800. The molecule has 0 bridgehead atoms. The van der Waals surface area contributed by atoms with Crippen LogP contribution in [0.4, 0.5) is 5.82 Å². The van der Waals surface area contributed by atoms with Crippen LogP contribution in [-0.2, 0) is 13.6 Å². The van der Waals surface area contributed by atoms with Gasteiger partial charge in [0.15, 0.2) is 0 Å². The minimum Gasteiger partial charge on any atom is -0.396 e. The van der Waals surface area contributed by atoms with Gasteiger partial charge in [0.25, 0.3) is 0 Å². The standard InChI is InChI=1S/C15H28N4O/c1-4-16-11-14-12(2)17-18(3)15(14)19-9-5-7-13(19)8-6-10-20/h13,16,20H,4-11H2,1-3H3. The van der Waals surface area contributed by atoms with Crippen molar-refractivity contribution in [3.8, 4) is 0 Å². The fourth-order valence-electron chi connectivity index (χ4n) is 3.25. The molecular formula is C15H28N4O. The van der Waals surface area contributed by atoms with Crippen molar-refractivity contribution in [1.29, 1.82) is 0 Å². The lowest BCUT2D eigenvalue weighted by molar-refractivity contribution is 0.279. The molecule has 1 aromatic heterocycles. The van der Waals surface area contributed by atoms with Crippen molar-refractivity contribution in [2.75, 3.05) is 24.6 Å². The summed E-state index contributed by atoms with van der Waals surface area (Å²) in [6, 6.07) is 0.553. The zero-order chi connectivity index (χ0) is 14.5. The maximum Gasteiger partial charge on any atom is 0.131 e. The van der Waals surface area contributed by atoms with Crippen molar-refractivity contribution < 1.29 is 5.11 Å². The van der Waals surface area contributed by atoms with Gasteiger partial charge < -0.3 is 15.3 Å². The van der Waals surface area contributed by atoms with E-state index in [4.69, 9.17) is 5.11 Å². The van der Waals surface area contributed by atoms with Crippen molar-refractivity contribution in [1.82, 2.24) is 15.1 Å². The van der Waals surface area contributed by atoms with Crippen LogP contribution in [0.5, 0.6) is 0 Å². The molecule has 1 saturated heterocycles. The lowest BCUT2D eigenvalue weighted by Gasteiger charge is -2.28. The van der Waals surface area contributed by atoms with E-state index in [9.17, 15) is 0 Å². The van der Waals surface area contributed by atoms with E-state index in [1.165, 1.54) is 24.2 Å². The van der Waals surface area contributed by atoms with Crippen LogP contribution in [0.15, 0.2) is 0 Å². The molecule has 1 aliphatic rings. The maximum atomic E-state index is 9.07. The normalized spacial score (nSPS) is 19.0. The molecule has 0 aliphatic carbocycles. The number of rotatable bonds is 7. The topological polar surface area (TPSA) is 53.3 Å². The Bertz CT molecular complexity index is 430.